The second-order valence-electron chi connectivity index (χ2n) is 11.9. The van der Waals surface area contributed by atoms with Crippen LogP contribution in [-0.2, 0) is 20.7 Å². The molecule has 0 radical (unpaired) electrons. The fourth-order valence-electron chi connectivity index (χ4n) is 4.68. The molecule has 3 atom stereocenters. The maximum atomic E-state index is 13.0. The van der Waals surface area contributed by atoms with Crippen LogP contribution in [0.1, 0.15) is 72.8 Å². The molecule has 0 aliphatic carbocycles. The number of ether oxygens (including phenoxy) is 3. The molecule has 0 aliphatic rings. The van der Waals surface area contributed by atoms with Gasteiger partial charge in [0.1, 0.15) is 0 Å². The molecular formula is C31H54N2O6. The van der Waals surface area contributed by atoms with Gasteiger partial charge in [-0.1, -0.05) is 33.8 Å². The second kappa shape index (κ2) is 17.4. The van der Waals surface area contributed by atoms with Crippen LogP contribution in [0.4, 0.5) is 0 Å². The average molecular weight is 551 g/mol. The van der Waals surface area contributed by atoms with Gasteiger partial charge in [0.15, 0.2) is 11.5 Å². The molecule has 39 heavy (non-hydrogen) atoms. The van der Waals surface area contributed by atoms with Gasteiger partial charge in [-0.2, -0.15) is 0 Å². The van der Waals surface area contributed by atoms with E-state index in [9.17, 15) is 14.7 Å². The van der Waals surface area contributed by atoms with E-state index in [1.165, 1.54) is 5.56 Å². The molecule has 1 rings (SSSR count). The molecule has 0 saturated carbocycles. The van der Waals surface area contributed by atoms with Crippen LogP contribution in [0.3, 0.4) is 0 Å². The SMILES string of the molecule is CNC(=O)C(C)(C)CNC(=O)C(CC(O)CCC(Cc1ccc(OC)c(OCCCOC)c1)C(C)C)C(C)C. The van der Waals surface area contributed by atoms with Crippen molar-refractivity contribution in [2.75, 3.05) is 41.0 Å². The zero-order chi connectivity index (χ0) is 29.6. The summed E-state index contributed by atoms with van der Waals surface area (Å²) in [4.78, 5) is 25.0. The second-order valence-corrected chi connectivity index (χ2v) is 11.9. The molecule has 8 nitrogen and oxygen atoms in total. The van der Waals surface area contributed by atoms with E-state index in [1.54, 1.807) is 35.1 Å². The summed E-state index contributed by atoms with van der Waals surface area (Å²) < 4.78 is 16.5. The van der Waals surface area contributed by atoms with E-state index in [0.717, 1.165) is 25.0 Å². The maximum absolute atomic E-state index is 13.0. The molecule has 0 fully saturated rings. The molecule has 8 heteroatoms. The first-order valence-corrected chi connectivity index (χ1v) is 14.3. The highest BCUT2D eigenvalue weighted by Gasteiger charge is 2.30. The molecular weight excluding hydrogens is 496 g/mol. The maximum Gasteiger partial charge on any atom is 0.227 e. The van der Waals surface area contributed by atoms with Crippen LogP contribution in [0, 0.1) is 29.1 Å². The van der Waals surface area contributed by atoms with Crippen molar-refractivity contribution in [2.45, 2.75) is 79.8 Å². The normalized spacial score (nSPS) is 14.2. The van der Waals surface area contributed by atoms with E-state index < -0.39 is 11.5 Å². The molecule has 0 heterocycles. The topological polar surface area (TPSA) is 106 Å². The smallest absolute Gasteiger partial charge is 0.227 e. The largest absolute Gasteiger partial charge is 0.493 e. The fraction of sp³-hybridized carbons (Fsp3) is 0.742. The molecule has 0 aromatic heterocycles. The molecule has 0 spiro atoms. The van der Waals surface area contributed by atoms with Gasteiger partial charge >= 0.3 is 0 Å². The van der Waals surface area contributed by atoms with E-state index in [0.29, 0.717) is 43.6 Å². The van der Waals surface area contributed by atoms with E-state index in [2.05, 4.69) is 36.6 Å². The lowest BCUT2D eigenvalue weighted by molar-refractivity contribution is -0.131. The summed E-state index contributed by atoms with van der Waals surface area (Å²) in [6.45, 7) is 13.5. The van der Waals surface area contributed by atoms with Crippen molar-refractivity contribution < 1.29 is 28.9 Å². The Balaban J connectivity index is 2.77. The summed E-state index contributed by atoms with van der Waals surface area (Å²) in [5.41, 5.74) is 0.467. The van der Waals surface area contributed by atoms with Crippen molar-refractivity contribution >= 4 is 11.8 Å². The molecule has 3 unspecified atom stereocenters. The summed E-state index contributed by atoms with van der Waals surface area (Å²) in [6, 6.07) is 6.08. The van der Waals surface area contributed by atoms with Crippen LogP contribution < -0.4 is 20.1 Å². The summed E-state index contributed by atoms with van der Waals surface area (Å²) in [5.74, 6) is 1.77. The third-order valence-electron chi connectivity index (χ3n) is 7.50. The number of aliphatic hydroxyl groups is 1. The van der Waals surface area contributed by atoms with Crippen molar-refractivity contribution in [1.29, 1.82) is 0 Å². The minimum absolute atomic E-state index is 0.0743. The predicted octanol–water partition coefficient (Wildman–Crippen LogP) is 4.62. The van der Waals surface area contributed by atoms with Gasteiger partial charge in [-0.05, 0) is 75.0 Å². The number of aliphatic hydroxyl groups excluding tert-OH is 1. The standard InChI is InChI=1S/C31H54N2O6/c1-21(2)24(17-23-11-14-27(38-9)28(18-23)39-16-10-15-37-8)12-13-25(34)19-26(22(3)4)29(35)33-20-31(5,6)30(36)32-7/h11,14,18,21-22,24-26,34H,10,12-13,15-17,19-20H2,1-9H3,(H,32,36)(H,33,35). The summed E-state index contributed by atoms with van der Waals surface area (Å²) in [7, 11) is 4.91. The third-order valence-corrected chi connectivity index (χ3v) is 7.50. The summed E-state index contributed by atoms with van der Waals surface area (Å²) in [6.07, 6.45) is 2.97. The van der Waals surface area contributed by atoms with Gasteiger partial charge in [-0.25, -0.2) is 0 Å². The Bertz CT molecular complexity index is 871. The number of hydrogen-bond donors (Lipinski definition) is 3. The number of amides is 2. The number of carbonyl (C=O) groups excluding carboxylic acids is 2. The van der Waals surface area contributed by atoms with E-state index in [4.69, 9.17) is 14.2 Å². The van der Waals surface area contributed by atoms with Crippen LogP contribution in [-0.4, -0.2) is 64.1 Å². The van der Waals surface area contributed by atoms with Gasteiger partial charge in [0, 0.05) is 39.6 Å². The lowest BCUT2D eigenvalue weighted by atomic mass is 9.82. The highest BCUT2D eigenvalue weighted by molar-refractivity contribution is 5.83. The predicted molar refractivity (Wildman–Crippen MR) is 156 cm³/mol. The number of benzene rings is 1. The Labute approximate surface area is 236 Å². The molecule has 1 aromatic carbocycles. The van der Waals surface area contributed by atoms with Crippen LogP contribution >= 0.6 is 0 Å². The molecule has 0 aliphatic heterocycles. The van der Waals surface area contributed by atoms with Gasteiger partial charge in [0.05, 0.1) is 25.2 Å². The first kappa shape index (κ1) is 34.7. The van der Waals surface area contributed by atoms with Gasteiger partial charge in [0.25, 0.3) is 0 Å². The summed E-state index contributed by atoms with van der Waals surface area (Å²) in [5, 5.41) is 16.5. The van der Waals surface area contributed by atoms with E-state index in [-0.39, 0.29) is 30.2 Å². The highest BCUT2D eigenvalue weighted by atomic mass is 16.5. The van der Waals surface area contributed by atoms with Crippen molar-refractivity contribution in [3.05, 3.63) is 23.8 Å². The Hall–Kier alpha value is -2.32. The molecule has 224 valence electrons. The first-order chi connectivity index (χ1) is 18.4. The zero-order valence-electron chi connectivity index (χ0n) is 25.8. The van der Waals surface area contributed by atoms with Gasteiger partial charge in [0.2, 0.25) is 11.8 Å². The van der Waals surface area contributed by atoms with Crippen molar-refractivity contribution in [3.63, 3.8) is 0 Å². The van der Waals surface area contributed by atoms with Gasteiger partial charge < -0.3 is 30.0 Å². The molecule has 0 bridgehead atoms. The monoisotopic (exact) mass is 550 g/mol. The summed E-state index contributed by atoms with van der Waals surface area (Å²) >= 11 is 0. The number of carbonyl (C=O) groups is 2. The molecule has 3 N–H and O–H groups in total. The van der Waals surface area contributed by atoms with Crippen LogP contribution in [0.15, 0.2) is 18.2 Å². The number of hydrogen-bond acceptors (Lipinski definition) is 6. The lowest BCUT2D eigenvalue weighted by Crippen LogP contribution is -2.46. The minimum atomic E-state index is -0.703. The molecule has 1 aromatic rings. The number of rotatable bonds is 19. The van der Waals surface area contributed by atoms with Gasteiger partial charge in [-0.3, -0.25) is 9.59 Å². The fourth-order valence-corrected chi connectivity index (χ4v) is 4.68. The molecule has 2 amide bonds. The lowest BCUT2D eigenvalue weighted by Gasteiger charge is -2.28. The van der Waals surface area contributed by atoms with E-state index in [1.807, 2.05) is 19.9 Å². The Morgan fingerprint density at radius 3 is 2.26 bits per heavy atom. The Morgan fingerprint density at radius 1 is 1.00 bits per heavy atom. The van der Waals surface area contributed by atoms with Crippen molar-refractivity contribution in [1.82, 2.24) is 10.6 Å². The zero-order valence-corrected chi connectivity index (χ0v) is 25.8. The quantitative estimate of drug-likeness (QED) is 0.217. The molecule has 0 saturated heterocycles. The minimum Gasteiger partial charge on any atom is -0.493 e. The highest BCUT2D eigenvalue weighted by Crippen LogP contribution is 2.32. The van der Waals surface area contributed by atoms with Crippen LogP contribution in [0.2, 0.25) is 0 Å². The van der Waals surface area contributed by atoms with Crippen LogP contribution in [0.25, 0.3) is 0 Å². The van der Waals surface area contributed by atoms with Crippen molar-refractivity contribution in [3.8, 4) is 11.5 Å². The van der Waals surface area contributed by atoms with Crippen LogP contribution in [0.5, 0.6) is 11.5 Å². The average Bonchev–Trinajstić information content (AvgIpc) is 2.89. The number of nitrogens with one attached hydrogen (secondary N) is 2. The first-order valence-electron chi connectivity index (χ1n) is 14.3. The Morgan fingerprint density at radius 2 is 1.69 bits per heavy atom. The van der Waals surface area contributed by atoms with Crippen molar-refractivity contribution in [2.24, 2.45) is 29.1 Å². The Kier molecular flexibility index (Phi) is 15.5. The number of methoxy groups -OCH3 is 2. The third kappa shape index (κ3) is 12.2. The van der Waals surface area contributed by atoms with Gasteiger partial charge in [-0.15, -0.1) is 0 Å². The van der Waals surface area contributed by atoms with E-state index >= 15 is 0 Å².